The van der Waals surface area contributed by atoms with Crippen molar-refractivity contribution in [2.24, 2.45) is 0 Å². The molecule has 10 heteroatoms. The Morgan fingerprint density at radius 1 is 1.06 bits per heavy atom. The van der Waals surface area contributed by atoms with Gasteiger partial charge in [-0.05, 0) is 102 Å². The number of fused-ring (bicyclic) bond motifs is 1. The second kappa shape index (κ2) is 15.6. The van der Waals surface area contributed by atoms with Crippen molar-refractivity contribution in [1.82, 2.24) is 25.0 Å². The number of rotatable bonds is 8. The van der Waals surface area contributed by atoms with Crippen LogP contribution >= 0.6 is 0 Å². The van der Waals surface area contributed by atoms with Crippen LogP contribution in [0, 0.1) is 26.2 Å². The number of halogens is 1. The van der Waals surface area contributed by atoms with E-state index in [1.165, 1.54) is 0 Å². The minimum absolute atomic E-state index is 0.0846. The van der Waals surface area contributed by atoms with E-state index in [4.69, 9.17) is 9.97 Å². The lowest BCUT2D eigenvalue weighted by atomic mass is 9.95. The zero-order valence-corrected chi connectivity index (χ0v) is 29.2. The van der Waals surface area contributed by atoms with Gasteiger partial charge < -0.3 is 25.0 Å². The largest absolute Gasteiger partial charge is 0.368 e. The summed E-state index contributed by atoms with van der Waals surface area (Å²) >= 11 is 0. The van der Waals surface area contributed by atoms with Crippen LogP contribution in [0.15, 0.2) is 53.6 Å². The van der Waals surface area contributed by atoms with Crippen molar-refractivity contribution in [3.63, 3.8) is 0 Å². The number of nitrogens with one attached hydrogen (secondary N) is 2. The van der Waals surface area contributed by atoms with Crippen LogP contribution in [-0.2, 0) is 6.54 Å². The molecule has 1 aromatic carbocycles. The molecule has 2 atom stereocenters. The van der Waals surface area contributed by atoms with Gasteiger partial charge in [-0.3, -0.25) is 4.79 Å². The number of piperazine rings is 1. The Bertz CT molecular complexity index is 1790. The summed E-state index contributed by atoms with van der Waals surface area (Å²) in [5, 5.41) is 6.50. The van der Waals surface area contributed by atoms with E-state index >= 15 is 0 Å². The molecule has 9 nitrogen and oxygen atoms in total. The van der Waals surface area contributed by atoms with Gasteiger partial charge in [-0.25, -0.2) is 9.97 Å². The summed E-state index contributed by atoms with van der Waals surface area (Å²) < 4.78 is 14.4. The number of aryl methyl sites for hydroxylation is 2. The topological polar surface area (TPSA) is 83.6 Å². The zero-order chi connectivity index (χ0) is 34.4. The third-order valence-corrected chi connectivity index (χ3v) is 9.55. The molecular formula is C38H49FN8O. The number of nitrogens with zero attached hydrogens (tertiary/aromatic N) is 6. The molecule has 0 bridgehead atoms. The molecule has 4 aromatic rings. The lowest BCUT2D eigenvalue weighted by molar-refractivity contribution is -0.0419. The van der Waals surface area contributed by atoms with Crippen molar-refractivity contribution >= 4 is 28.1 Å². The first kappa shape index (κ1) is 34.9. The quantitative estimate of drug-likeness (QED) is 0.173. The molecule has 254 valence electrons. The lowest BCUT2D eigenvalue weighted by Gasteiger charge is -2.40. The second-order valence-electron chi connectivity index (χ2n) is 13.0. The summed E-state index contributed by atoms with van der Waals surface area (Å²) in [7, 11) is 2.16. The molecule has 6 rings (SSSR count). The minimum Gasteiger partial charge on any atom is -0.368 e. The molecule has 0 saturated carbocycles. The monoisotopic (exact) mass is 652 g/mol. The van der Waals surface area contributed by atoms with Crippen molar-refractivity contribution in [3.05, 3.63) is 76.0 Å². The molecule has 0 spiro atoms. The zero-order valence-electron chi connectivity index (χ0n) is 29.2. The lowest BCUT2D eigenvalue weighted by Crippen LogP contribution is -2.46. The molecule has 2 saturated heterocycles. The number of benzene rings is 1. The number of pyridine rings is 3. The van der Waals surface area contributed by atoms with Gasteiger partial charge in [0.05, 0.1) is 0 Å². The molecule has 0 radical (unpaired) electrons. The third kappa shape index (κ3) is 7.80. The normalized spacial score (nSPS) is 18.6. The average Bonchev–Trinajstić information content (AvgIpc) is 3.07. The fraction of sp³-hybridized carbons (Fsp3) is 0.447. The number of terminal acetylenes is 1. The van der Waals surface area contributed by atoms with Crippen molar-refractivity contribution in [1.29, 1.82) is 0 Å². The van der Waals surface area contributed by atoms with Gasteiger partial charge in [0, 0.05) is 104 Å². The highest BCUT2D eigenvalue weighted by molar-refractivity contribution is 6.03. The third-order valence-electron chi connectivity index (χ3n) is 9.55. The summed E-state index contributed by atoms with van der Waals surface area (Å²) in [6.45, 7) is 15.2. The van der Waals surface area contributed by atoms with Gasteiger partial charge in [0.2, 0.25) is 0 Å². The molecule has 2 fully saturated rings. The molecule has 48 heavy (non-hydrogen) atoms. The maximum Gasteiger partial charge on any atom is 0.253 e. The molecule has 2 aliphatic heterocycles. The average molecular weight is 653 g/mol. The maximum absolute atomic E-state index is 14.4. The smallest absolute Gasteiger partial charge is 0.253 e. The Kier molecular flexibility index (Phi) is 11.3. The second-order valence-corrected chi connectivity index (χ2v) is 13.0. The molecule has 0 aliphatic carbocycles. The summed E-state index contributed by atoms with van der Waals surface area (Å²) in [4.78, 5) is 32.5. The van der Waals surface area contributed by atoms with E-state index in [9.17, 15) is 9.28 Å². The Hall–Kier alpha value is -4.46. The van der Waals surface area contributed by atoms with E-state index < -0.39 is 0 Å². The Balaban J connectivity index is 0.00000145. The van der Waals surface area contributed by atoms with Crippen LogP contribution in [-0.4, -0.2) is 83.4 Å². The van der Waals surface area contributed by atoms with E-state index in [1.54, 1.807) is 6.92 Å². The molecule has 2 unspecified atom stereocenters. The van der Waals surface area contributed by atoms with E-state index in [1.807, 2.05) is 39.2 Å². The highest BCUT2D eigenvalue weighted by Gasteiger charge is 2.30. The first-order chi connectivity index (χ1) is 23.1. The highest BCUT2D eigenvalue weighted by Crippen LogP contribution is 2.38. The fourth-order valence-corrected chi connectivity index (χ4v) is 6.89. The van der Waals surface area contributed by atoms with Crippen LogP contribution in [0.2, 0.25) is 0 Å². The van der Waals surface area contributed by atoms with E-state index in [2.05, 4.69) is 81.6 Å². The maximum atomic E-state index is 14.4. The highest BCUT2D eigenvalue weighted by atomic mass is 19.2. The van der Waals surface area contributed by atoms with Gasteiger partial charge in [-0.15, -0.1) is 21.9 Å². The van der Waals surface area contributed by atoms with Gasteiger partial charge in [-0.1, -0.05) is 0 Å². The molecular weight excluding hydrogens is 603 g/mol. The number of piperidine rings is 1. The fourth-order valence-electron chi connectivity index (χ4n) is 6.89. The Morgan fingerprint density at radius 2 is 1.81 bits per heavy atom. The summed E-state index contributed by atoms with van der Waals surface area (Å²) in [5.74, 6) is 3.97. The van der Waals surface area contributed by atoms with Gasteiger partial charge in [-0.2, -0.15) is 0 Å². The summed E-state index contributed by atoms with van der Waals surface area (Å²) in [5.41, 5.74) is 5.58. The number of hydrogen-bond donors (Lipinski definition) is 2. The van der Waals surface area contributed by atoms with Gasteiger partial charge in [0.25, 0.3) is 5.56 Å². The molecule has 2 N–H and O–H groups in total. The van der Waals surface area contributed by atoms with Gasteiger partial charge >= 0.3 is 0 Å². The Morgan fingerprint density at radius 3 is 2.46 bits per heavy atom. The number of anilines is 3. The van der Waals surface area contributed by atoms with Crippen LogP contribution in [0.5, 0.6) is 0 Å². The van der Waals surface area contributed by atoms with E-state index in [-0.39, 0.29) is 17.6 Å². The number of aromatic nitrogens is 3. The van der Waals surface area contributed by atoms with Crippen molar-refractivity contribution in [2.45, 2.75) is 66.1 Å². The number of H-pyrrole nitrogens is 1. The predicted molar refractivity (Wildman–Crippen MR) is 196 cm³/mol. The Labute approximate surface area is 284 Å². The van der Waals surface area contributed by atoms with Gasteiger partial charge in [0.1, 0.15) is 11.6 Å². The van der Waals surface area contributed by atoms with Crippen molar-refractivity contribution < 1.29 is 4.48 Å². The van der Waals surface area contributed by atoms with Crippen LogP contribution < -0.4 is 20.7 Å². The minimum atomic E-state index is -0.131. The van der Waals surface area contributed by atoms with E-state index in [0.717, 1.165) is 101 Å². The number of hydrogen-bond acceptors (Lipinski definition) is 8. The number of likely N-dealkylation sites (N-methyl/N-ethyl adjacent to an activating group) is 1. The summed E-state index contributed by atoms with van der Waals surface area (Å²) in [6.07, 6.45) is 9.90. The van der Waals surface area contributed by atoms with Crippen molar-refractivity contribution in [2.75, 3.05) is 61.4 Å². The summed E-state index contributed by atoms with van der Waals surface area (Å²) in [6, 6.07) is 12.8. The number of aromatic amines is 1. The predicted octanol–water partition coefficient (Wildman–Crippen LogP) is 6.17. The van der Waals surface area contributed by atoms with Crippen LogP contribution in [0.25, 0.3) is 21.9 Å². The standard InChI is InChI=1S/C35H45FN8O.C3H4/c1-6-43(28-10-12-44(36)25(4)18-28)32-20-27(26-7-8-33(38-21-26)42-15-13-41(5)14-16-42)19-30-29(32)9-11-37-34(30)39-22-31-23(2)17-24(3)40-35(31)45;1-3-2/h7-9,11,17,19-21,25,28H,6,10,12-16,18,22H2,1-5H3,(H,37,39)(H,40,45);1H,2H3. The van der Waals surface area contributed by atoms with Crippen LogP contribution in [0.1, 0.15) is 50.4 Å². The van der Waals surface area contributed by atoms with Crippen LogP contribution in [0.3, 0.4) is 0 Å². The molecule has 3 aromatic heterocycles. The molecule has 0 amide bonds. The molecule has 2 aliphatic rings. The van der Waals surface area contributed by atoms with E-state index in [0.29, 0.717) is 18.7 Å². The van der Waals surface area contributed by atoms with Crippen LogP contribution in [0.4, 0.5) is 21.8 Å². The first-order valence-corrected chi connectivity index (χ1v) is 17.0. The molecule has 5 heterocycles. The first-order valence-electron chi connectivity index (χ1n) is 17.0. The van der Waals surface area contributed by atoms with Gasteiger partial charge in [0.15, 0.2) is 0 Å². The SMILES string of the molecule is C#CC.CCN(c1cc(-c2ccc(N3CCN(C)CC3)nc2)cc2c(NCc3c(C)cc(C)[nH]c3=O)nccc12)C1CCN(F)C(C)C1. The van der Waals surface area contributed by atoms with Crippen molar-refractivity contribution in [3.8, 4) is 23.5 Å².